The fourth-order valence-corrected chi connectivity index (χ4v) is 1.67. The van der Waals surface area contributed by atoms with E-state index in [9.17, 15) is 5.11 Å². The van der Waals surface area contributed by atoms with Gasteiger partial charge in [-0.1, -0.05) is 6.07 Å². The third kappa shape index (κ3) is 1.60. The Morgan fingerprint density at radius 3 is 3.08 bits per heavy atom. The van der Waals surface area contributed by atoms with E-state index in [4.69, 9.17) is 5.11 Å². The molecule has 13 heavy (non-hydrogen) atoms. The molecule has 0 radical (unpaired) electrons. The number of hydrogen-bond acceptors (Lipinski definition) is 3. The Morgan fingerprint density at radius 2 is 2.31 bits per heavy atom. The number of aliphatic hydroxyl groups is 1. The zero-order chi connectivity index (χ0) is 9.26. The molecule has 3 heteroatoms. The van der Waals surface area contributed by atoms with E-state index < -0.39 is 0 Å². The quantitative estimate of drug-likeness (QED) is 0.602. The Balaban J connectivity index is 2.26. The predicted octanol–water partition coefficient (Wildman–Crippen LogP) is 0.969. The minimum Gasteiger partial charge on any atom is -0.508 e. The van der Waals surface area contributed by atoms with Crippen molar-refractivity contribution in [2.24, 2.45) is 5.92 Å². The van der Waals surface area contributed by atoms with E-state index in [1.165, 1.54) is 5.56 Å². The summed E-state index contributed by atoms with van der Waals surface area (Å²) < 4.78 is 0. The number of phenolic OH excluding ortho intramolecular Hbond substituents is 1. The van der Waals surface area contributed by atoms with Crippen LogP contribution >= 0.6 is 0 Å². The number of phenols is 1. The van der Waals surface area contributed by atoms with Crippen LogP contribution in [0.1, 0.15) is 5.56 Å². The summed E-state index contributed by atoms with van der Waals surface area (Å²) >= 11 is 0. The van der Waals surface area contributed by atoms with Gasteiger partial charge in [0.15, 0.2) is 0 Å². The molecular weight excluding hydrogens is 166 g/mol. The van der Waals surface area contributed by atoms with Gasteiger partial charge in [-0.3, -0.25) is 0 Å². The maximum atomic E-state index is 9.22. The summed E-state index contributed by atoms with van der Waals surface area (Å²) in [6, 6.07) is 5.31. The Morgan fingerprint density at radius 1 is 1.46 bits per heavy atom. The van der Waals surface area contributed by atoms with Crippen LogP contribution in [0.25, 0.3) is 0 Å². The second-order valence-electron chi connectivity index (χ2n) is 3.48. The van der Waals surface area contributed by atoms with Crippen LogP contribution in [0.2, 0.25) is 0 Å². The first-order valence-electron chi connectivity index (χ1n) is 4.46. The highest BCUT2D eigenvalue weighted by atomic mass is 16.3. The smallest absolute Gasteiger partial charge is 0.117 e. The lowest BCUT2D eigenvalue weighted by Gasteiger charge is -2.24. The van der Waals surface area contributed by atoms with E-state index in [1.54, 1.807) is 12.1 Å². The maximum Gasteiger partial charge on any atom is 0.117 e. The third-order valence-corrected chi connectivity index (χ3v) is 2.44. The molecule has 1 aliphatic rings. The van der Waals surface area contributed by atoms with Crippen LogP contribution in [0.5, 0.6) is 5.75 Å². The zero-order valence-electron chi connectivity index (χ0n) is 7.33. The third-order valence-electron chi connectivity index (χ3n) is 2.44. The molecule has 1 atom stereocenters. The number of nitrogens with one attached hydrogen (secondary N) is 1. The van der Waals surface area contributed by atoms with Gasteiger partial charge in [-0.05, 0) is 18.1 Å². The van der Waals surface area contributed by atoms with Gasteiger partial charge in [-0.2, -0.15) is 0 Å². The van der Waals surface area contributed by atoms with Crippen molar-refractivity contribution >= 4 is 5.69 Å². The SMILES string of the molecule is OCC1CNc2cc(O)ccc2C1. The number of fused-ring (bicyclic) bond motifs is 1. The van der Waals surface area contributed by atoms with Crippen LogP contribution in [0.3, 0.4) is 0 Å². The molecule has 0 amide bonds. The lowest BCUT2D eigenvalue weighted by molar-refractivity contribution is 0.230. The topological polar surface area (TPSA) is 52.5 Å². The molecule has 3 nitrogen and oxygen atoms in total. The second-order valence-corrected chi connectivity index (χ2v) is 3.48. The molecule has 2 rings (SSSR count). The number of aromatic hydroxyl groups is 1. The fourth-order valence-electron chi connectivity index (χ4n) is 1.67. The summed E-state index contributed by atoms with van der Waals surface area (Å²) in [6.45, 7) is 1.00. The molecule has 0 aromatic heterocycles. The molecule has 1 unspecified atom stereocenters. The van der Waals surface area contributed by atoms with E-state index in [-0.39, 0.29) is 12.4 Å². The largest absolute Gasteiger partial charge is 0.508 e. The van der Waals surface area contributed by atoms with Crippen LogP contribution in [0.4, 0.5) is 5.69 Å². The summed E-state index contributed by atoms with van der Waals surface area (Å²) in [4.78, 5) is 0. The predicted molar refractivity (Wildman–Crippen MR) is 50.9 cm³/mol. The van der Waals surface area contributed by atoms with E-state index in [2.05, 4.69) is 5.32 Å². The van der Waals surface area contributed by atoms with Gasteiger partial charge in [0.1, 0.15) is 5.75 Å². The van der Waals surface area contributed by atoms with E-state index in [0.717, 1.165) is 18.7 Å². The second kappa shape index (κ2) is 3.26. The molecule has 0 saturated carbocycles. The summed E-state index contributed by atoms with van der Waals surface area (Å²) in [7, 11) is 0. The van der Waals surface area contributed by atoms with Gasteiger partial charge in [-0.25, -0.2) is 0 Å². The minimum absolute atomic E-state index is 0.216. The van der Waals surface area contributed by atoms with Gasteiger partial charge in [0.05, 0.1) is 0 Å². The van der Waals surface area contributed by atoms with Crippen molar-refractivity contribution in [2.45, 2.75) is 6.42 Å². The zero-order valence-corrected chi connectivity index (χ0v) is 7.33. The monoisotopic (exact) mass is 179 g/mol. The van der Waals surface area contributed by atoms with Crippen molar-refractivity contribution < 1.29 is 10.2 Å². The summed E-state index contributed by atoms with van der Waals surface area (Å²) in [5.74, 6) is 0.589. The first-order valence-corrected chi connectivity index (χ1v) is 4.46. The van der Waals surface area contributed by atoms with Crippen LogP contribution in [-0.2, 0) is 6.42 Å². The molecule has 1 aromatic carbocycles. The number of aliphatic hydroxyl groups excluding tert-OH is 1. The highest BCUT2D eigenvalue weighted by Crippen LogP contribution is 2.27. The van der Waals surface area contributed by atoms with Crippen LogP contribution in [0.15, 0.2) is 18.2 Å². The molecule has 70 valence electrons. The normalized spacial score (nSPS) is 20.5. The molecule has 1 aliphatic heterocycles. The van der Waals surface area contributed by atoms with Gasteiger partial charge in [-0.15, -0.1) is 0 Å². The molecule has 1 heterocycles. The van der Waals surface area contributed by atoms with Gasteiger partial charge in [0.2, 0.25) is 0 Å². The molecular formula is C10H13NO2. The Bertz CT molecular complexity index is 312. The van der Waals surface area contributed by atoms with E-state index >= 15 is 0 Å². The minimum atomic E-state index is 0.216. The molecule has 0 spiro atoms. The first-order chi connectivity index (χ1) is 6.29. The Kier molecular flexibility index (Phi) is 2.10. The molecule has 0 aliphatic carbocycles. The summed E-state index contributed by atoms with van der Waals surface area (Å²) in [5.41, 5.74) is 2.16. The average molecular weight is 179 g/mol. The van der Waals surface area contributed by atoms with Crippen molar-refractivity contribution in [3.05, 3.63) is 23.8 Å². The lowest BCUT2D eigenvalue weighted by atomic mass is 9.94. The van der Waals surface area contributed by atoms with Crippen LogP contribution in [0, 0.1) is 5.92 Å². The van der Waals surface area contributed by atoms with Gasteiger partial charge in [0, 0.05) is 30.8 Å². The van der Waals surface area contributed by atoms with Crippen molar-refractivity contribution in [3.63, 3.8) is 0 Å². The summed E-state index contributed by atoms with van der Waals surface area (Å²) in [6.07, 6.45) is 0.888. The molecule has 0 fully saturated rings. The molecule has 0 saturated heterocycles. The molecule has 0 bridgehead atoms. The number of anilines is 1. The molecule has 1 aromatic rings. The highest BCUT2D eigenvalue weighted by Gasteiger charge is 2.17. The maximum absolute atomic E-state index is 9.22. The Hall–Kier alpha value is -1.22. The summed E-state index contributed by atoms with van der Waals surface area (Å²) in [5, 5.41) is 21.4. The fraction of sp³-hybridized carbons (Fsp3) is 0.400. The van der Waals surface area contributed by atoms with Crippen molar-refractivity contribution in [1.29, 1.82) is 0 Å². The first kappa shape index (κ1) is 8.38. The van der Waals surface area contributed by atoms with Gasteiger partial charge < -0.3 is 15.5 Å². The number of rotatable bonds is 1. The van der Waals surface area contributed by atoms with Gasteiger partial charge >= 0.3 is 0 Å². The van der Waals surface area contributed by atoms with Crippen molar-refractivity contribution in [1.82, 2.24) is 0 Å². The standard InChI is InChI=1S/C10H13NO2/c12-6-7-3-8-1-2-9(13)4-10(8)11-5-7/h1-2,4,7,11-13H,3,5-6H2. The van der Waals surface area contributed by atoms with Crippen LogP contribution < -0.4 is 5.32 Å². The van der Waals surface area contributed by atoms with E-state index in [0.29, 0.717) is 5.92 Å². The van der Waals surface area contributed by atoms with Crippen LogP contribution in [-0.4, -0.2) is 23.4 Å². The number of hydrogen-bond donors (Lipinski definition) is 3. The molecule has 3 N–H and O–H groups in total. The van der Waals surface area contributed by atoms with Crippen molar-refractivity contribution in [2.75, 3.05) is 18.5 Å². The van der Waals surface area contributed by atoms with E-state index in [1.807, 2.05) is 6.07 Å². The highest BCUT2D eigenvalue weighted by molar-refractivity contribution is 5.56. The average Bonchev–Trinajstić information content (AvgIpc) is 2.17. The number of benzene rings is 1. The lowest BCUT2D eigenvalue weighted by Crippen LogP contribution is -2.25. The van der Waals surface area contributed by atoms with Gasteiger partial charge in [0.25, 0.3) is 0 Å². The Labute approximate surface area is 77.0 Å². The van der Waals surface area contributed by atoms with Crippen molar-refractivity contribution in [3.8, 4) is 5.75 Å².